The van der Waals surface area contributed by atoms with Gasteiger partial charge in [-0.1, -0.05) is 0 Å². The van der Waals surface area contributed by atoms with Crippen LogP contribution in [-0.4, -0.2) is 34.2 Å². The number of halogens is 1. The first-order valence-electron chi connectivity index (χ1n) is 6.00. The van der Waals surface area contributed by atoms with Crippen molar-refractivity contribution < 1.29 is 9.59 Å². The molecule has 2 heterocycles. The lowest BCUT2D eigenvalue weighted by Crippen LogP contribution is -2.37. The molecule has 1 saturated heterocycles. The van der Waals surface area contributed by atoms with Crippen LogP contribution in [0.1, 0.15) is 36.7 Å². The second kappa shape index (κ2) is 5.61. The van der Waals surface area contributed by atoms with E-state index in [2.05, 4.69) is 20.9 Å². The van der Waals surface area contributed by atoms with Gasteiger partial charge in [-0.25, -0.2) is 4.98 Å². The molecule has 1 unspecified atom stereocenters. The number of carbonyl (C=O) groups is 2. The molecule has 1 aliphatic rings. The average molecular weight is 311 g/mol. The summed E-state index contributed by atoms with van der Waals surface area (Å²) in [5.41, 5.74) is 0.424. The predicted molar refractivity (Wildman–Crippen MR) is 71.3 cm³/mol. The molecule has 1 aliphatic heterocycles. The summed E-state index contributed by atoms with van der Waals surface area (Å²) in [6.07, 6.45) is 3.90. The average Bonchev–Trinajstić information content (AvgIpc) is 2.76. The smallest absolute Gasteiger partial charge is 0.273 e. The number of likely N-dealkylation sites (tertiary alicyclic amines) is 1. The number of carbonyl (C=O) groups excluding carboxylic acids is 2. The zero-order valence-corrected chi connectivity index (χ0v) is 11.8. The second-order valence-corrected chi connectivity index (χ2v) is 5.39. The second-order valence-electron chi connectivity index (χ2n) is 4.53. The van der Waals surface area contributed by atoms with Crippen LogP contribution in [0.3, 0.4) is 0 Å². The summed E-state index contributed by atoms with van der Waals surface area (Å²) >= 11 is 3.34. The topological polar surface area (TPSA) is 50.3 Å². The van der Waals surface area contributed by atoms with Gasteiger partial charge in [0.15, 0.2) is 0 Å². The van der Waals surface area contributed by atoms with Crippen molar-refractivity contribution in [1.82, 2.24) is 9.88 Å². The van der Waals surface area contributed by atoms with E-state index >= 15 is 0 Å². The van der Waals surface area contributed by atoms with Gasteiger partial charge in [0.05, 0.1) is 0 Å². The van der Waals surface area contributed by atoms with Crippen LogP contribution in [0.15, 0.2) is 22.8 Å². The van der Waals surface area contributed by atoms with Crippen LogP contribution in [-0.2, 0) is 4.79 Å². The van der Waals surface area contributed by atoms with Crippen LogP contribution < -0.4 is 0 Å². The standard InChI is InChI=1S/C13H15BrN2O2/c1-9(17)8-10-4-3-7-16(10)13(18)12-11(14)5-2-6-15-12/h2,5-6,10H,3-4,7-8H2,1H3. The Labute approximate surface area is 115 Å². The number of hydrogen-bond donors (Lipinski definition) is 0. The first-order valence-corrected chi connectivity index (χ1v) is 6.80. The maximum absolute atomic E-state index is 12.4. The molecule has 0 aromatic carbocycles. The van der Waals surface area contributed by atoms with E-state index in [1.54, 1.807) is 30.2 Å². The van der Waals surface area contributed by atoms with Gasteiger partial charge in [-0.2, -0.15) is 0 Å². The summed E-state index contributed by atoms with van der Waals surface area (Å²) < 4.78 is 0.698. The Hall–Kier alpha value is -1.23. The summed E-state index contributed by atoms with van der Waals surface area (Å²) in [6, 6.07) is 3.61. The van der Waals surface area contributed by atoms with Crippen molar-refractivity contribution in [1.29, 1.82) is 0 Å². The number of pyridine rings is 1. The first kappa shape index (κ1) is 13.2. The lowest BCUT2D eigenvalue weighted by Gasteiger charge is -2.23. The maximum Gasteiger partial charge on any atom is 0.273 e. The minimum Gasteiger partial charge on any atom is -0.334 e. The third kappa shape index (κ3) is 2.77. The van der Waals surface area contributed by atoms with Crippen molar-refractivity contribution in [2.24, 2.45) is 0 Å². The van der Waals surface area contributed by atoms with Gasteiger partial charge in [-0.3, -0.25) is 9.59 Å². The van der Waals surface area contributed by atoms with Gasteiger partial charge in [-0.05, 0) is 47.8 Å². The Bertz CT molecular complexity index is 476. The van der Waals surface area contributed by atoms with Crippen molar-refractivity contribution in [3.05, 3.63) is 28.5 Å². The monoisotopic (exact) mass is 310 g/mol. The Morgan fingerprint density at radius 3 is 3.00 bits per heavy atom. The third-order valence-corrected chi connectivity index (χ3v) is 3.76. The quantitative estimate of drug-likeness (QED) is 0.861. The highest BCUT2D eigenvalue weighted by Crippen LogP contribution is 2.24. The van der Waals surface area contributed by atoms with Gasteiger partial charge in [0.25, 0.3) is 5.91 Å². The molecule has 18 heavy (non-hydrogen) atoms. The number of Topliss-reactive ketones (excluding diaryl/α,β-unsaturated/α-hetero) is 1. The molecule has 1 aromatic rings. The molecule has 2 rings (SSSR count). The fourth-order valence-corrected chi connectivity index (χ4v) is 2.75. The molecule has 1 amide bonds. The molecular weight excluding hydrogens is 296 g/mol. The molecule has 5 heteroatoms. The SMILES string of the molecule is CC(=O)CC1CCCN1C(=O)c1ncccc1Br. The van der Waals surface area contributed by atoms with Crippen molar-refractivity contribution >= 4 is 27.6 Å². The summed E-state index contributed by atoms with van der Waals surface area (Å²) in [5, 5.41) is 0. The number of nitrogens with zero attached hydrogens (tertiary/aromatic N) is 2. The summed E-state index contributed by atoms with van der Waals surface area (Å²) in [4.78, 5) is 29.5. The van der Waals surface area contributed by atoms with Crippen LogP contribution in [0.2, 0.25) is 0 Å². The minimum atomic E-state index is -0.0915. The lowest BCUT2D eigenvalue weighted by molar-refractivity contribution is -0.117. The molecule has 4 nitrogen and oxygen atoms in total. The number of rotatable bonds is 3. The van der Waals surface area contributed by atoms with Gasteiger partial charge in [-0.15, -0.1) is 0 Å². The van der Waals surface area contributed by atoms with Crippen molar-refractivity contribution in [2.45, 2.75) is 32.2 Å². The van der Waals surface area contributed by atoms with E-state index in [0.29, 0.717) is 23.1 Å². The van der Waals surface area contributed by atoms with Crippen molar-refractivity contribution in [2.75, 3.05) is 6.54 Å². The van der Waals surface area contributed by atoms with E-state index in [-0.39, 0.29) is 17.7 Å². The first-order chi connectivity index (χ1) is 8.59. The fourth-order valence-electron chi connectivity index (χ4n) is 2.33. The molecule has 1 aromatic heterocycles. The van der Waals surface area contributed by atoms with E-state index in [1.807, 2.05) is 0 Å². The summed E-state index contributed by atoms with van der Waals surface area (Å²) in [6.45, 7) is 2.28. The maximum atomic E-state index is 12.4. The van der Waals surface area contributed by atoms with Gasteiger partial charge < -0.3 is 4.90 Å². The zero-order valence-electron chi connectivity index (χ0n) is 10.2. The zero-order chi connectivity index (χ0) is 13.1. The highest BCUT2D eigenvalue weighted by molar-refractivity contribution is 9.10. The normalized spacial score (nSPS) is 19.0. The van der Waals surface area contributed by atoms with E-state index in [9.17, 15) is 9.59 Å². The lowest BCUT2D eigenvalue weighted by atomic mass is 10.1. The Morgan fingerprint density at radius 1 is 1.56 bits per heavy atom. The molecule has 0 bridgehead atoms. The van der Waals surface area contributed by atoms with E-state index < -0.39 is 0 Å². The number of aromatic nitrogens is 1. The number of amides is 1. The summed E-state index contributed by atoms with van der Waals surface area (Å²) in [7, 11) is 0. The Morgan fingerprint density at radius 2 is 2.33 bits per heavy atom. The number of ketones is 1. The molecule has 0 radical (unpaired) electrons. The highest BCUT2D eigenvalue weighted by atomic mass is 79.9. The number of hydrogen-bond acceptors (Lipinski definition) is 3. The molecule has 0 spiro atoms. The van der Waals surface area contributed by atoms with E-state index in [4.69, 9.17) is 0 Å². The Balaban J connectivity index is 2.18. The fraction of sp³-hybridized carbons (Fsp3) is 0.462. The molecule has 0 saturated carbocycles. The van der Waals surface area contributed by atoms with Crippen LogP contribution in [0.5, 0.6) is 0 Å². The van der Waals surface area contributed by atoms with Crippen molar-refractivity contribution in [3.63, 3.8) is 0 Å². The van der Waals surface area contributed by atoms with Gasteiger partial charge in [0, 0.05) is 29.7 Å². The molecule has 0 N–H and O–H groups in total. The molecule has 0 aliphatic carbocycles. The highest BCUT2D eigenvalue weighted by Gasteiger charge is 2.31. The summed E-state index contributed by atoms with van der Waals surface area (Å²) in [5.74, 6) is 0.0333. The molecule has 1 atom stereocenters. The van der Waals surface area contributed by atoms with E-state index in [1.165, 1.54) is 0 Å². The van der Waals surface area contributed by atoms with E-state index in [0.717, 1.165) is 12.8 Å². The minimum absolute atomic E-state index is 0.0314. The molecule has 1 fully saturated rings. The molecular formula is C13H15BrN2O2. The van der Waals surface area contributed by atoms with Gasteiger partial charge >= 0.3 is 0 Å². The van der Waals surface area contributed by atoms with Crippen LogP contribution in [0, 0.1) is 0 Å². The Kier molecular flexibility index (Phi) is 4.11. The van der Waals surface area contributed by atoms with Crippen LogP contribution >= 0.6 is 15.9 Å². The van der Waals surface area contributed by atoms with Crippen molar-refractivity contribution in [3.8, 4) is 0 Å². The third-order valence-electron chi connectivity index (χ3n) is 3.12. The predicted octanol–water partition coefficient (Wildman–Crippen LogP) is 2.43. The molecule has 96 valence electrons. The van der Waals surface area contributed by atoms with Gasteiger partial charge in [0.1, 0.15) is 11.5 Å². The van der Waals surface area contributed by atoms with Crippen LogP contribution in [0.4, 0.5) is 0 Å². The van der Waals surface area contributed by atoms with Crippen LogP contribution in [0.25, 0.3) is 0 Å². The van der Waals surface area contributed by atoms with Gasteiger partial charge in [0.2, 0.25) is 0 Å². The largest absolute Gasteiger partial charge is 0.334 e.